The van der Waals surface area contributed by atoms with Gasteiger partial charge in [-0.3, -0.25) is 0 Å². The summed E-state index contributed by atoms with van der Waals surface area (Å²) >= 11 is 0. The Balaban J connectivity index is 1.99. The number of hydrogen-bond acceptors (Lipinski definition) is 5. The Bertz CT molecular complexity index is 450. The lowest BCUT2D eigenvalue weighted by molar-refractivity contribution is 0.0189. The summed E-state index contributed by atoms with van der Waals surface area (Å²) in [6.45, 7) is 8.70. The van der Waals surface area contributed by atoms with E-state index in [1.807, 2.05) is 20.8 Å². The maximum absolute atomic E-state index is 12.0. The lowest BCUT2D eigenvalue weighted by atomic mass is 9.98. The first-order chi connectivity index (χ1) is 8.85. The van der Waals surface area contributed by atoms with Gasteiger partial charge in [0.1, 0.15) is 5.60 Å². The van der Waals surface area contributed by atoms with Gasteiger partial charge < -0.3 is 14.2 Å². The van der Waals surface area contributed by atoms with Gasteiger partial charge in [-0.25, -0.2) is 4.79 Å². The van der Waals surface area contributed by atoms with Gasteiger partial charge in [0.15, 0.2) is 5.82 Å². The fourth-order valence-electron chi connectivity index (χ4n) is 2.15. The van der Waals surface area contributed by atoms with Crippen LogP contribution in [0.3, 0.4) is 0 Å². The highest BCUT2D eigenvalue weighted by Gasteiger charge is 2.30. The molecule has 1 fully saturated rings. The first-order valence-corrected chi connectivity index (χ1v) is 6.63. The summed E-state index contributed by atoms with van der Waals surface area (Å²) in [5.41, 5.74) is -0.467. The molecule has 1 aliphatic heterocycles. The predicted molar refractivity (Wildman–Crippen MR) is 68.8 cm³/mol. The lowest BCUT2D eigenvalue weighted by Gasteiger charge is -2.32. The van der Waals surface area contributed by atoms with Gasteiger partial charge in [0.25, 0.3) is 0 Å². The van der Waals surface area contributed by atoms with Crippen molar-refractivity contribution in [3.05, 3.63) is 11.7 Å². The Morgan fingerprint density at radius 3 is 2.79 bits per heavy atom. The molecule has 0 N–H and O–H groups in total. The number of aryl methyl sites for hydroxylation is 1. The van der Waals surface area contributed by atoms with E-state index in [0.29, 0.717) is 18.3 Å². The molecule has 19 heavy (non-hydrogen) atoms. The van der Waals surface area contributed by atoms with Crippen molar-refractivity contribution in [2.24, 2.45) is 0 Å². The van der Waals surface area contributed by atoms with Crippen LogP contribution in [0.15, 0.2) is 4.52 Å². The molecule has 106 valence electrons. The van der Waals surface area contributed by atoms with Crippen LogP contribution in [0.1, 0.15) is 51.2 Å². The average Bonchev–Trinajstić information content (AvgIpc) is 2.74. The van der Waals surface area contributed by atoms with E-state index in [9.17, 15) is 4.79 Å². The Labute approximate surface area is 113 Å². The Hall–Kier alpha value is -1.59. The molecule has 0 spiro atoms. The third-order valence-electron chi connectivity index (χ3n) is 2.97. The van der Waals surface area contributed by atoms with Crippen LogP contribution in [0.25, 0.3) is 0 Å². The van der Waals surface area contributed by atoms with E-state index in [1.165, 1.54) is 0 Å². The van der Waals surface area contributed by atoms with E-state index in [4.69, 9.17) is 9.26 Å². The summed E-state index contributed by atoms with van der Waals surface area (Å²) in [5.74, 6) is 1.36. The van der Waals surface area contributed by atoms with Crippen LogP contribution in [0, 0.1) is 6.92 Å². The number of nitrogens with zero attached hydrogens (tertiary/aromatic N) is 3. The molecule has 1 aromatic rings. The van der Waals surface area contributed by atoms with Crippen LogP contribution in [0.2, 0.25) is 0 Å². The van der Waals surface area contributed by atoms with Crippen molar-refractivity contribution in [1.82, 2.24) is 15.0 Å². The van der Waals surface area contributed by atoms with Gasteiger partial charge in [-0.15, -0.1) is 0 Å². The Morgan fingerprint density at radius 1 is 1.47 bits per heavy atom. The average molecular weight is 267 g/mol. The summed E-state index contributed by atoms with van der Waals surface area (Å²) in [5, 5.41) is 3.80. The number of amides is 1. The maximum Gasteiger partial charge on any atom is 0.410 e. The van der Waals surface area contributed by atoms with Crippen molar-refractivity contribution in [2.45, 2.75) is 52.1 Å². The number of likely N-dealkylation sites (tertiary alicyclic amines) is 1. The number of piperidine rings is 1. The second-order valence-corrected chi connectivity index (χ2v) is 5.95. The van der Waals surface area contributed by atoms with Crippen molar-refractivity contribution in [3.63, 3.8) is 0 Å². The highest BCUT2D eigenvalue weighted by molar-refractivity contribution is 5.68. The minimum Gasteiger partial charge on any atom is -0.444 e. The van der Waals surface area contributed by atoms with Crippen LogP contribution < -0.4 is 0 Å². The normalized spacial score (nSPS) is 20.4. The smallest absolute Gasteiger partial charge is 0.410 e. The third kappa shape index (κ3) is 3.68. The van der Waals surface area contributed by atoms with Crippen LogP contribution in [0.5, 0.6) is 0 Å². The van der Waals surface area contributed by atoms with Gasteiger partial charge in [0.2, 0.25) is 5.89 Å². The SMILES string of the molecule is Cc1noc([C@H]2CCCN(C(=O)OC(C)(C)C)C2)n1. The van der Waals surface area contributed by atoms with Gasteiger partial charge in [0, 0.05) is 13.1 Å². The van der Waals surface area contributed by atoms with E-state index < -0.39 is 5.60 Å². The lowest BCUT2D eigenvalue weighted by Crippen LogP contribution is -2.42. The number of rotatable bonds is 1. The quantitative estimate of drug-likeness (QED) is 0.782. The molecule has 0 aromatic carbocycles. The van der Waals surface area contributed by atoms with Crippen molar-refractivity contribution < 1.29 is 14.1 Å². The van der Waals surface area contributed by atoms with Crippen LogP contribution in [-0.2, 0) is 4.74 Å². The molecule has 0 bridgehead atoms. The molecular formula is C13H21N3O3. The first-order valence-electron chi connectivity index (χ1n) is 6.63. The number of ether oxygens (including phenoxy) is 1. The molecule has 2 rings (SSSR count). The second-order valence-electron chi connectivity index (χ2n) is 5.95. The minimum atomic E-state index is -0.467. The summed E-state index contributed by atoms with van der Waals surface area (Å²) in [6, 6.07) is 0. The molecule has 0 unspecified atom stereocenters. The number of hydrogen-bond donors (Lipinski definition) is 0. The van der Waals surface area contributed by atoms with Crippen molar-refractivity contribution in [2.75, 3.05) is 13.1 Å². The molecule has 1 amide bonds. The largest absolute Gasteiger partial charge is 0.444 e. The third-order valence-corrected chi connectivity index (χ3v) is 2.97. The standard InChI is InChI=1S/C13H21N3O3/c1-9-14-11(19-15-9)10-6-5-7-16(8-10)12(17)18-13(2,3)4/h10H,5-8H2,1-4H3/t10-/m0/s1. The molecule has 1 atom stereocenters. The van der Waals surface area contributed by atoms with Crippen LogP contribution in [-0.4, -0.2) is 39.8 Å². The molecule has 1 saturated heterocycles. The summed E-state index contributed by atoms with van der Waals surface area (Å²) in [4.78, 5) is 18.0. The first kappa shape index (κ1) is 13.8. The molecule has 6 heteroatoms. The summed E-state index contributed by atoms with van der Waals surface area (Å²) in [6.07, 6.45) is 1.61. The molecule has 0 saturated carbocycles. The maximum atomic E-state index is 12.0. The van der Waals surface area contributed by atoms with Crippen LogP contribution >= 0.6 is 0 Å². The van der Waals surface area contributed by atoms with Gasteiger partial charge in [-0.1, -0.05) is 5.16 Å². The second kappa shape index (κ2) is 5.19. The van der Waals surface area contributed by atoms with E-state index in [-0.39, 0.29) is 12.0 Å². The van der Waals surface area contributed by atoms with Gasteiger partial charge in [0.05, 0.1) is 5.92 Å². The molecule has 2 heterocycles. The number of carbonyl (C=O) groups is 1. The molecule has 1 aromatic heterocycles. The zero-order chi connectivity index (χ0) is 14.0. The fourth-order valence-corrected chi connectivity index (χ4v) is 2.15. The van der Waals surface area contributed by atoms with Crippen molar-refractivity contribution in [3.8, 4) is 0 Å². The Kier molecular flexibility index (Phi) is 3.78. The number of aromatic nitrogens is 2. The molecule has 0 aliphatic carbocycles. The van der Waals surface area contributed by atoms with E-state index in [0.717, 1.165) is 19.4 Å². The van der Waals surface area contributed by atoms with Gasteiger partial charge in [-0.05, 0) is 40.5 Å². The summed E-state index contributed by atoms with van der Waals surface area (Å²) < 4.78 is 10.6. The van der Waals surface area contributed by atoms with Gasteiger partial charge in [-0.2, -0.15) is 4.98 Å². The van der Waals surface area contributed by atoms with Crippen molar-refractivity contribution >= 4 is 6.09 Å². The highest BCUT2D eigenvalue weighted by atomic mass is 16.6. The monoisotopic (exact) mass is 267 g/mol. The van der Waals surface area contributed by atoms with Gasteiger partial charge >= 0.3 is 6.09 Å². The molecular weight excluding hydrogens is 246 g/mol. The number of carbonyl (C=O) groups excluding carboxylic acids is 1. The van der Waals surface area contributed by atoms with Crippen molar-refractivity contribution in [1.29, 1.82) is 0 Å². The molecule has 0 radical (unpaired) electrons. The summed E-state index contributed by atoms with van der Waals surface area (Å²) in [7, 11) is 0. The minimum absolute atomic E-state index is 0.113. The van der Waals surface area contributed by atoms with E-state index in [2.05, 4.69) is 10.1 Å². The van der Waals surface area contributed by atoms with E-state index >= 15 is 0 Å². The predicted octanol–water partition coefficient (Wildman–Crippen LogP) is 2.49. The molecule has 1 aliphatic rings. The fraction of sp³-hybridized carbons (Fsp3) is 0.769. The zero-order valence-corrected chi connectivity index (χ0v) is 12.0. The highest BCUT2D eigenvalue weighted by Crippen LogP contribution is 2.26. The topological polar surface area (TPSA) is 68.5 Å². The van der Waals surface area contributed by atoms with Crippen LogP contribution in [0.4, 0.5) is 4.79 Å². The molecule has 6 nitrogen and oxygen atoms in total. The zero-order valence-electron chi connectivity index (χ0n) is 12.0. The Morgan fingerprint density at radius 2 is 2.21 bits per heavy atom. The van der Waals surface area contributed by atoms with E-state index in [1.54, 1.807) is 11.8 Å².